The van der Waals surface area contributed by atoms with Crippen LogP contribution in [0.1, 0.15) is 124 Å². The number of aliphatic hydroxyl groups is 1. The molecular formula is C54H94N16O12. The lowest BCUT2D eigenvalue weighted by molar-refractivity contribution is -0.137. The first-order valence-corrected chi connectivity index (χ1v) is 28.6. The van der Waals surface area contributed by atoms with Gasteiger partial charge in [0.25, 0.3) is 0 Å². The van der Waals surface area contributed by atoms with Crippen molar-refractivity contribution in [2.45, 2.75) is 191 Å². The first kappa shape index (κ1) is 71.3. The number of nitrogens with one attached hydrogen (secondary N) is 11. The lowest BCUT2D eigenvalue weighted by Crippen LogP contribution is -2.62. The van der Waals surface area contributed by atoms with E-state index in [4.69, 9.17) is 28.7 Å². The number of carbonyl (C=O) groups is 11. The van der Waals surface area contributed by atoms with Crippen molar-refractivity contribution >= 4 is 65.0 Å². The summed E-state index contributed by atoms with van der Waals surface area (Å²) >= 11 is 0. The van der Waals surface area contributed by atoms with Crippen LogP contribution in [0.3, 0.4) is 0 Å². The van der Waals surface area contributed by atoms with E-state index >= 15 is 0 Å². The highest BCUT2D eigenvalue weighted by molar-refractivity contribution is 5.99. The minimum Gasteiger partial charge on any atom is -0.391 e. The number of rotatable bonds is 28. The molecule has 462 valence electrons. The third kappa shape index (κ3) is 25.9. The Bertz CT molecular complexity index is 2230. The second-order valence-electron chi connectivity index (χ2n) is 21.0. The number of hydrogen-bond donors (Lipinski definition) is 17. The van der Waals surface area contributed by atoms with Crippen molar-refractivity contribution in [3.63, 3.8) is 0 Å². The minimum absolute atomic E-state index is 0.00121. The largest absolute Gasteiger partial charge is 0.391 e. The zero-order valence-electron chi connectivity index (χ0n) is 48.3. The lowest BCUT2D eigenvalue weighted by Gasteiger charge is -2.29. The molecule has 11 amide bonds. The molecule has 28 heteroatoms. The molecule has 0 aromatic heterocycles. The molecule has 22 N–H and O–H groups in total. The first-order chi connectivity index (χ1) is 39.0. The third-order valence-electron chi connectivity index (χ3n) is 13.4. The zero-order valence-corrected chi connectivity index (χ0v) is 48.3. The maximum absolute atomic E-state index is 14.5. The van der Waals surface area contributed by atoms with Crippen LogP contribution >= 0.6 is 0 Å². The molecule has 1 saturated heterocycles. The van der Waals surface area contributed by atoms with E-state index < -0.39 is 132 Å². The van der Waals surface area contributed by atoms with E-state index in [0.717, 1.165) is 25.7 Å². The fourth-order valence-corrected chi connectivity index (χ4v) is 8.79. The van der Waals surface area contributed by atoms with E-state index in [2.05, 4.69) is 65.4 Å². The van der Waals surface area contributed by atoms with Crippen LogP contribution in [0.25, 0.3) is 0 Å². The van der Waals surface area contributed by atoms with Gasteiger partial charge in [-0.3, -0.25) is 52.7 Å². The summed E-state index contributed by atoms with van der Waals surface area (Å²) in [7, 11) is 0. The average molecular weight is 1160 g/mol. The number of hydrogen-bond acceptors (Lipinski definition) is 17. The van der Waals surface area contributed by atoms with Gasteiger partial charge in [-0.1, -0.05) is 76.8 Å². The fourth-order valence-electron chi connectivity index (χ4n) is 8.79. The Balaban J connectivity index is 2.62. The van der Waals surface area contributed by atoms with E-state index in [0.29, 0.717) is 12.0 Å². The van der Waals surface area contributed by atoms with Crippen molar-refractivity contribution < 1.29 is 57.8 Å². The number of nitrogens with two attached hydrogens (primary N) is 5. The van der Waals surface area contributed by atoms with Gasteiger partial charge in [0.05, 0.1) is 6.10 Å². The SMILES string of the molecule is CCCCCCCC(=O)N[C@@H](CCN)C(=O)N[C@H](C(=O)N[C@@H](CCN)C(=O)NC1CCNC(=O)[C@H](C)NC(=O)[C@H](CCN)NC(=O)[C@H](CCN)NC(=O)[C@H](CC(C)C)NC(=O)[C@@H](Cc2ccccc2)NC(=O)C(CCN)NC1=O)[C@@H](C)O. The van der Waals surface area contributed by atoms with Crippen molar-refractivity contribution in [3.8, 4) is 0 Å². The van der Waals surface area contributed by atoms with Gasteiger partial charge in [-0.15, -0.1) is 0 Å². The van der Waals surface area contributed by atoms with E-state index in [-0.39, 0.29) is 103 Å². The molecule has 1 fully saturated rings. The second kappa shape index (κ2) is 38.8. The van der Waals surface area contributed by atoms with Crippen molar-refractivity contribution in [1.29, 1.82) is 0 Å². The Morgan fingerprint density at radius 2 is 1.06 bits per heavy atom. The van der Waals surface area contributed by atoms with Crippen LogP contribution in [0.5, 0.6) is 0 Å². The molecule has 1 aliphatic heterocycles. The predicted octanol–water partition coefficient (Wildman–Crippen LogP) is -4.85. The monoisotopic (exact) mass is 1160 g/mol. The molecule has 0 aliphatic carbocycles. The molecule has 2 rings (SSSR count). The summed E-state index contributed by atoms with van der Waals surface area (Å²) in [6.45, 7) is 7.34. The van der Waals surface area contributed by atoms with Gasteiger partial charge >= 0.3 is 0 Å². The first-order valence-electron chi connectivity index (χ1n) is 28.6. The Morgan fingerprint density at radius 1 is 0.573 bits per heavy atom. The highest BCUT2D eigenvalue weighted by atomic mass is 16.3. The van der Waals surface area contributed by atoms with Gasteiger partial charge in [0.15, 0.2) is 0 Å². The Labute approximate surface area is 480 Å². The Kier molecular flexibility index (Phi) is 33.7. The van der Waals surface area contributed by atoms with Crippen LogP contribution in [0, 0.1) is 5.92 Å². The highest BCUT2D eigenvalue weighted by Crippen LogP contribution is 2.12. The van der Waals surface area contributed by atoms with E-state index in [1.807, 2.05) is 0 Å². The molecule has 0 spiro atoms. The second-order valence-corrected chi connectivity index (χ2v) is 21.0. The molecule has 0 saturated carbocycles. The Morgan fingerprint density at radius 3 is 1.59 bits per heavy atom. The summed E-state index contributed by atoms with van der Waals surface area (Å²) in [4.78, 5) is 153. The Hall–Kier alpha value is -6.85. The van der Waals surface area contributed by atoms with E-state index in [9.17, 15) is 57.8 Å². The fraction of sp³-hybridized carbons (Fsp3) is 0.685. The van der Waals surface area contributed by atoms with Crippen molar-refractivity contribution in [2.75, 3.05) is 39.3 Å². The van der Waals surface area contributed by atoms with Gasteiger partial charge in [-0.25, -0.2) is 0 Å². The van der Waals surface area contributed by atoms with E-state index in [1.165, 1.54) is 13.8 Å². The predicted molar refractivity (Wildman–Crippen MR) is 306 cm³/mol. The van der Waals surface area contributed by atoms with Crippen LogP contribution in [0.4, 0.5) is 0 Å². The smallest absolute Gasteiger partial charge is 0.245 e. The third-order valence-corrected chi connectivity index (χ3v) is 13.4. The number of amides is 11. The molecule has 1 aliphatic rings. The molecule has 2 unspecified atom stereocenters. The van der Waals surface area contributed by atoms with Gasteiger partial charge < -0.3 is 92.3 Å². The van der Waals surface area contributed by atoms with Crippen molar-refractivity contribution in [2.24, 2.45) is 34.6 Å². The highest BCUT2D eigenvalue weighted by Gasteiger charge is 2.37. The van der Waals surface area contributed by atoms with Crippen LogP contribution in [0.15, 0.2) is 30.3 Å². The van der Waals surface area contributed by atoms with Gasteiger partial charge in [0, 0.05) is 19.4 Å². The average Bonchev–Trinajstić information content (AvgIpc) is 3.48. The molecule has 0 radical (unpaired) electrons. The maximum atomic E-state index is 14.5. The molecule has 82 heavy (non-hydrogen) atoms. The van der Waals surface area contributed by atoms with Gasteiger partial charge in [0.1, 0.15) is 60.4 Å². The topological polar surface area (TPSA) is 470 Å². The van der Waals surface area contributed by atoms with Crippen LogP contribution in [0.2, 0.25) is 0 Å². The summed E-state index contributed by atoms with van der Waals surface area (Å²) in [5.74, 6) is -9.28. The van der Waals surface area contributed by atoms with Crippen LogP contribution in [-0.2, 0) is 59.2 Å². The normalized spacial score (nSPS) is 22.5. The lowest BCUT2D eigenvalue weighted by atomic mass is 10.00. The molecule has 1 aromatic rings. The molecular weight excluding hydrogens is 1060 g/mol. The summed E-state index contributed by atoms with van der Waals surface area (Å²) in [5, 5.41) is 39.2. The van der Waals surface area contributed by atoms with Crippen molar-refractivity contribution in [1.82, 2.24) is 58.5 Å². The van der Waals surface area contributed by atoms with Crippen LogP contribution < -0.4 is 87.2 Å². The van der Waals surface area contributed by atoms with Crippen LogP contribution in [-0.4, -0.2) is 176 Å². The summed E-state index contributed by atoms with van der Waals surface area (Å²) in [5.41, 5.74) is 29.9. The number of carbonyl (C=O) groups excluding carboxylic acids is 11. The molecule has 1 heterocycles. The number of aliphatic hydroxyl groups excluding tert-OH is 1. The minimum atomic E-state index is -1.67. The summed E-state index contributed by atoms with van der Waals surface area (Å²) in [6, 6.07) is -5.32. The summed E-state index contributed by atoms with van der Waals surface area (Å²) in [6.07, 6.45) is 2.00. The molecule has 11 atom stereocenters. The molecule has 1 aromatic carbocycles. The van der Waals surface area contributed by atoms with Gasteiger partial charge in [-0.05, 0) is 109 Å². The molecule has 0 bridgehead atoms. The number of unbranched alkanes of at least 4 members (excludes halogenated alkanes) is 4. The number of benzene rings is 1. The zero-order chi connectivity index (χ0) is 61.3. The maximum Gasteiger partial charge on any atom is 0.245 e. The van der Waals surface area contributed by atoms with Crippen molar-refractivity contribution in [3.05, 3.63) is 35.9 Å². The standard InChI is InChI=1S/C54H94N16O12/c1-6-7-8-9-13-16-43(72)62-35(17-23-55)51(79)70-44(33(5)71)54(82)67-39(21-27-59)48(76)66-40-22-28-60-45(73)32(4)61-46(74)36(18-24-56)63-47(75)37(19-25-57)65-52(80)41(29-31(2)3)68-53(81)42(30-34-14-11-10-12-15-34)69-49(77)38(20-26-58)64-50(40)78/h10-12,14-15,31-33,35-42,44,71H,6-9,13,16-30,55-59H2,1-5H3,(H,60,73)(H,61,74)(H,62,72)(H,63,75)(H,64,78)(H,65,80)(H,66,76)(H,67,82)(H,68,81)(H,69,77)(H,70,79)/t32-,33+,35-,36-,37-,38?,39-,40?,41-,42+,44-/m0/s1. The van der Waals surface area contributed by atoms with E-state index in [1.54, 1.807) is 44.2 Å². The van der Waals surface area contributed by atoms with Gasteiger partial charge in [0.2, 0.25) is 65.0 Å². The molecule has 28 nitrogen and oxygen atoms in total. The summed E-state index contributed by atoms with van der Waals surface area (Å²) < 4.78 is 0. The quantitative estimate of drug-likeness (QED) is 0.0350. The van der Waals surface area contributed by atoms with Gasteiger partial charge in [-0.2, -0.15) is 0 Å².